The van der Waals surface area contributed by atoms with Gasteiger partial charge in [-0.1, -0.05) is 0 Å². The Balaban J connectivity index is 3.30. The third-order valence-electron chi connectivity index (χ3n) is 1.65. The van der Waals surface area contributed by atoms with Crippen molar-refractivity contribution in [2.24, 2.45) is 0 Å². The van der Waals surface area contributed by atoms with E-state index in [0.29, 0.717) is 12.3 Å². The van der Waals surface area contributed by atoms with Gasteiger partial charge in [0.15, 0.2) is 5.69 Å². The van der Waals surface area contributed by atoms with Gasteiger partial charge < -0.3 is 4.74 Å². The first-order valence-corrected chi connectivity index (χ1v) is 4.26. The lowest BCUT2D eigenvalue weighted by molar-refractivity contribution is -0.142. The van der Waals surface area contributed by atoms with Gasteiger partial charge in [-0.2, -0.15) is 13.2 Å². The Kier molecular flexibility index (Phi) is 3.46. The van der Waals surface area contributed by atoms with E-state index in [4.69, 9.17) is 0 Å². The zero-order chi connectivity index (χ0) is 12.3. The van der Waals surface area contributed by atoms with Crippen molar-refractivity contribution in [3.63, 3.8) is 0 Å². The number of rotatable bonds is 2. The molecule has 0 saturated heterocycles. The number of pyridine rings is 1. The lowest BCUT2D eigenvalue weighted by Gasteiger charge is -2.10. The largest absolute Gasteiger partial charge is 0.462 e. The van der Waals surface area contributed by atoms with E-state index in [-0.39, 0.29) is 6.61 Å². The fraction of sp³-hybridized carbons (Fsp3) is 0.333. The first kappa shape index (κ1) is 12.4. The molecule has 0 radical (unpaired) electrons. The molecule has 7 heteroatoms. The van der Waals surface area contributed by atoms with Crippen LogP contribution in [0.1, 0.15) is 23.0 Å². The second-order valence-corrected chi connectivity index (χ2v) is 2.73. The Morgan fingerprint density at radius 2 is 2.12 bits per heavy atom. The highest BCUT2D eigenvalue weighted by Crippen LogP contribution is 2.31. The molecule has 0 fully saturated rings. The van der Waals surface area contributed by atoms with Crippen LogP contribution in [0.25, 0.3) is 0 Å². The molecule has 0 aromatic carbocycles. The van der Waals surface area contributed by atoms with Crippen LogP contribution in [0, 0.1) is 5.82 Å². The Bertz CT molecular complexity index is 403. The summed E-state index contributed by atoms with van der Waals surface area (Å²) in [6, 6.07) is 0.668. The minimum Gasteiger partial charge on any atom is -0.462 e. The van der Waals surface area contributed by atoms with Crippen molar-refractivity contribution in [1.82, 2.24) is 4.98 Å². The molecule has 1 rings (SSSR count). The molecule has 0 saturated carbocycles. The number of alkyl halides is 3. The summed E-state index contributed by atoms with van der Waals surface area (Å²) in [6.45, 7) is 1.25. The van der Waals surface area contributed by atoms with Gasteiger partial charge in [-0.25, -0.2) is 9.18 Å². The highest BCUT2D eigenvalue weighted by atomic mass is 19.4. The Labute approximate surface area is 88.0 Å². The van der Waals surface area contributed by atoms with Gasteiger partial charge >= 0.3 is 12.1 Å². The van der Waals surface area contributed by atoms with Crippen molar-refractivity contribution in [3.05, 3.63) is 29.3 Å². The fourth-order valence-corrected chi connectivity index (χ4v) is 1.05. The number of hydrogen-bond acceptors (Lipinski definition) is 3. The smallest absolute Gasteiger partial charge is 0.434 e. The lowest BCUT2D eigenvalue weighted by Crippen LogP contribution is -2.18. The van der Waals surface area contributed by atoms with Gasteiger partial charge in [-0.3, -0.25) is 4.98 Å². The molecule has 0 spiro atoms. The third kappa shape index (κ3) is 2.47. The molecule has 0 bridgehead atoms. The number of halogens is 4. The molecule has 1 heterocycles. The maximum atomic E-state index is 13.1. The quantitative estimate of drug-likeness (QED) is 0.585. The van der Waals surface area contributed by atoms with Gasteiger partial charge in [0.05, 0.1) is 6.61 Å². The molecule has 1 aromatic rings. The topological polar surface area (TPSA) is 39.2 Å². The summed E-state index contributed by atoms with van der Waals surface area (Å²) in [7, 11) is 0. The predicted octanol–water partition coefficient (Wildman–Crippen LogP) is 2.42. The average Bonchev–Trinajstić information content (AvgIpc) is 2.16. The van der Waals surface area contributed by atoms with Crippen LogP contribution in [-0.4, -0.2) is 17.6 Å². The van der Waals surface area contributed by atoms with E-state index in [2.05, 4.69) is 9.72 Å². The van der Waals surface area contributed by atoms with Crippen molar-refractivity contribution in [3.8, 4) is 0 Å². The maximum absolute atomic E-state index is 13.1. The van der Waals surface area contributed by atoms with E-state index in [9.17, 15) is 22.4 Å². The molecule has 0 aliphatic rings. The molecular formula is C9H7F4NO2. The minimum absolute atomic E-state index is 0.148. The highest BCUT2D eigenvalue weighted by Gasteiger charge is 2.39. The molecule has 0 unspecified atom stereocenters. The van der Waals surface area contributed by atoms with E-state index < -0.39 is 29.2 Å². The number of esters is 1. The summed E-state index contributed by atoms with van der Waals surface area (Å²) in [4.78, 5) is 14.1. The number of hydrogen-bond donors (Lipinski definition) is 0. The van der Waals surface area contributed by atoms with E-state index in [1.807, 2.05) is 0 Å². The van der Waals surface area contributed by atoms with Gasteiger partial charge in [0.2, 0.25) is 0 Å². The van der Waals surface area contributed by atoms with Crippen LogP contribution in [0.2, 0.25) is 0 Å². The summed E-state index contributed by atoms with van der Waals surface area (Å²) in [5.41, 5.74) is -2.76. The standard InChI is InChI=1S/C9H7F4NO2/c1-2-16-8(15)6-5(10)3-4-14-7(6)9(11,12)13/h3-4H,2H2,1H3. The number of ether oxygens (including phenoxy) is 1. The number of aromatic nitrogens is 1. The Morgan fingerprint density at radius 3 is 2.62 bits per heavy atom. The van der Waals surface area contributed by atoms with Gasteiger partial charge in [0.25, 0.3) is 0 Å². The van der Waals surface area contributed by atoms with Gasteiger partial charge in [-0.05, 0) is 13.0 Å². The fourth-order valence-electron chi connectivity index (χ4n) is 1.05. The SMILES string of the molecule is CCOC(=O)c1c(F)ccnc1C(F)(F)F. The molecule has 1 aromatic heterocycles. The second-order valence-electron chi connectivity index (χ2n) is 2.73. The first-order chi connectivity index (χ1) is 7.38. The van der Waals surface area contributed by atoms with E-state index in [1.165, 1.54) is 6.92 Å². The second kappa shape index (κ2) is 4.46. The molecule has 0 aliphatic carbocycles. The van der Waals surface area contributed by atoms with Crippen LogP contribution < -0.4 is 0 Å². The van der Waals surface area contributed by atoms with Gasteiger partial charge in [-0.15, -0.1) is 0 Å². The van der Waals surface area contributed by atoms with E-state index in [1.54, 1.807) is 0 Å². The van der Waals surface area contributed by atoms with Crippen LogP contribution >= 0.6 is 0 Å². The Morgan fingerprint density at radius 1 is 1.50 bits per heavy atom. The van der Waals surface area contributed by atoms with Crippen molar-refractivity contribution < 1.29 is 27.1 Å². The molecule has 0 aliphatic heterocycles. The summed E-state index contributed by atoms with van der Waals surface area (Å²) >= 11 is 0. The van der Waals surface area contributed by atoms with E-state index in [0.717, 1.165) is 0 Å². The van der Waals surface area contributed by atoms with E-state index >= 15 is 0 Å². The third-order valence-corrected chi connectivity index (χ3v) is 1.65. The van der Waals surface area contributed by atoms with Crippen LogP contribution in [0.5, 0.6) is 0 Å². The summed E-state index contributed by atoms with van der Waals surface area (Å²) in [6.07, 6.45) is -4.26. The maximum Gasteiger partial charge on any atom is 0.434 e. The molecular weight excluding hydrogens is 230 g/mol. The highest BCUT2D eigenvalue weighted by molar-refractivity contribution is 5.91. The van der Waals surface area contributed by atoms with Gasteiger partial charge in [0.1, 0.15) is 11.4 Å². The normalized spacial score (nSPS) is 11.3. The van der Waals surface area contributed by atoms with Crippen molar-refractivity contribution in [2.75, 3.05) is 6.61 Å². The zero-order valence-electron chi connectivity index (χ0n) is 8.14. The first-order valence-electron chi connectivity index (χ1n) is 4.26. The molecule has 3 nitrogen and oxygen atoms in total. The molecule has 0 N–H and O–H groups in total. The van der Waals surface area contributed by atoms with Crippen molar-refractivity contribution in [1.29, 1.82) is 0 Å². The summed E-state index contributed by atoms with van der Waals surface area (Å²) < 4.78 is 54.6. The average molecular weight is 237 g/mol. The number of carbonyl (C=O) groups excluding carboxylic acids is 1. The predicted molar refractivity (Wildman–Crippen MR) is 45.2 cm³/mol. The number of nitrogens with zero attached hydrogens (tertiary/aromatic N) is 1. The summed E-state index contributed by atoms with van der Waals surface area (Å²) in [5, 5.41) is 0. The van der Waals surface area contributed by atoms with Crippen LogP contribution in [0.15, 0.2) is 12.3 Å². The van der Waals surface area contributed by atoms with Crippen molar-refractivity contribution in [2.45, 2.75) is 13.1 Å². The van der Waals surface area contributed by atoms with Crippen molar-refractivity contribution >= 4 is 5.97 Å². The minimum atomic E-state index is -4.90. The zero-order valence-corrected chi connectivity index (χ0v) is 8.14. The van der Waals surface area contributed by atoms with Crippen LogP contribution in [0.4, 0.5) is 17.6 Å². The lowest BCUT2D eigenvalue weighted by atomic mass is 10.2. The molecule has 88 valence electrons. The van der Waals surface area contributed by atoms with Crippen LogP contribution in [-0.2, 0) is 10.9 Å². The summed E-state index contributed by atoms with van der Waals surface area (Å²) in [5.74, 6) is -2.68. The number of carbonyl (C=O) groups is 1. The Hall–Kier alpha value is -1.66. The van der Waals surface area contributed by atoms with Crippen LogP contribution in [0.3, 0.4) is 0 Å². The molecule has 0 amide bonds. The van der Waals surface area contributed by atoms with Gasteiger partial charge in [0, 0.05) is 6.20 Å². The monoisotopic (exact) mass is 237 g/mol. The molecule has 0 atom stereocenters. The molecule has 16 heavy (non-hydrogen) atoms.